The van der Waals surface area contributed by atoms with Crippen LogP contribution in [0.5, 0.6) is 5.75 Å². The lowest BCUT2D eigenvalue weighted by Crippen LogP contribution is -2.12. The Hall–Kier alpha value is -0.550. The summed E-state index contributed by atoms with van der Waals surface area (Å²) in [5, 5.41) is 3.43. The van der Waals surface area contributed by atoms with E-state index in [1.807, 2.05) is 12.1 Å². The van der Waals surface area contributed by atoms with E-state index in [2.05, 4.69) is 37.2 Å². The first-order chi connectivity index (χ1) is 7.17. The Kier molecular flexibility index (Phi) is 5.11. The first kappa shape index (κ1) is 12.5. The Morgan fingerprint density at radius 1 is 1.53 bits per heavy atom. The molecule has 0 aliphatic rings. The third-order valence-corrected chi connectivity index (χ3v) is 2.65. The summed E-state index contributed by atoms with van der Waals surface area (Å²) in [7, 11) is 1.57. The molecule has 3 nitrogen and oxygen atoms in total. The van der Waals surface area contributed by atoms with Gasteiger partial charge in [0.15, 0.2) is 0 Å². The number of rotatable bonds is 4. The van der Waals surface area contributed by atoms with Crippen LogP contribution in [0.25, 0.3) is 0 Å². The van der Waals surface area contributed by atoms with Crippen LogP contribution in [0.4, 0.5) is 5.69 Å². The predicted octanol–water partition coefficient (Wildman–Crippen LogP) is 3.18. The van der Waals surface area contributed by atoms with Gasteiger partial charge in [0, 0.05) is 16.2 Å². The minimum atomic E-state index is -0.0386. The maximum Gasteiger partial charge on any atom is 0.225 e. The number of methoxy groups -OCH3 is 1. The van der Waals surface area contributed by atoms with E-state index in [1.54, 1.807) is 13.2 Å². The second-order valence-corrected chi connectivity index (χ2v) is 4.54. The van der Waals surface area contributed by atoms with E-state index in [0.717, 1.165) is 4.47 Å². The SMILES string of the molecule is COc1ccc(Br)cc1NC(=O)CCBr. The number of carbonyl (C=O) groups excluding carboxylic acids is 1. The minimum Gasteiger partial charge on any atom is -0.495 e. The van der Waals surface area contributed by atoms with Crippen LogP contribution < -0.4 is 10.1 Å². The number of carbonyl (C=O) groups is 1. The Morgan fingerprint density at radius 2 is 2.27 bits per heavy atom. The Bertz CT molecular complexity index is 355. The van der Waals surface area contributed by atoms with Gasteiger partial charge in [-0.2, -0.15) is 0 Å². The van der Waals surface area contributed by atoms with Crippen molar-refractivity contribution in [1.29, 1.82) is 0 Å². The molecular formula is C10H11Br2NO2. The molecule has 0 saturated carbocycles. The monoisotopic (exact) mass is 335 g/mol. The second-order valence-electron chi connectivity index (χ2n) is 2.83. The lowest BCUT2D eigenvalue weighted by Gasteiger charge is -2.09. The van der Waals surface area contributed by atoms with E-state index in [1.165, 1.54) is 0 Å². The zero-order valence-electron chi connectivity index (χ0n) is 8.22. The molecule has 82 valence electrons. The van der Waals surface area contributed by atoms with E-state index in [4.69, 9.17) is 4.74 Å². The first-order valence-electron chi connectivity index (χ1n) is 4.36. The van der Waals surface area contributed by atoms with Crippen LogP contribution in [-0.2, 0) is 4.79 Å². The van der Waals surface area contributed by atoms with Crippen molar-refractivity contribution in [2.75, 3.05) is 17.8 Å². The van der Waals surface area contributed by atoms with Gasteiger partial charge in [-0.25, -0.2) is 0 Å². The number of ether oxygens (including phenoxy) is 1. The molecule has 1 N–H and O–H groups in total. The van der Waals surface area contributed by atoms with Crippen LogP contribution in [0.2, 0.25) is 0 Å². The van der Waals surface area contributed by atoms with Gasteiger partial charge in [-0.15, -0.1) is 0 Å². The van der Waals surface area contributed by atoms with Gasteiger partial charge in [0.25, 0.3) is 0 Å². The topological polar surface area (TPSA) is 38.3 Å². The van der Waals surface area contributed by atoms with Gasteiger partial charge in [-0.3, -0.25) is 4.79 Å². The number of benzene rings is 1. The fraction of sp³-hybridized carbons (Fsp3) is 0.300. The predicted molar refractivity (Wildman–Crippen MR) is 67.7 cm³/mol. The zero-order chi connectivity index (χ0) is 11.3. The standard InChI is InChI=1S/C10H11Br2NO2/c1-15-9-3-2-7(12)6-8(9)13-10(14)4-5-11/h2-3,6H,4-5H2,1H3,(H,13,14). The van der Waals surface area contributed by atoms with E-state index in [9.17, 15) is 4.79 Å². The van der Waals surface area contributed by atoms with Crippen molar-refractivity contribution in [2.24, 2.45) is 0 Å². The molecule has 0 heterocycles. The zero-order valence-corrected chi connectivity index (χ0v) is 11.4. The van der Waals surface area contributed by atoms with Gasteiger partial charge in [0.1, 0.15) is 5.75 Å². The summed E-state index contributed by atoms with van der Waals surface area (Å²) in [5.41, 5.74) is 0.679. The lowest BCUT2D eigenvalue weighted by molar-refractivity contribution is -0.115. The molecule has 0 spiro atoms. The molecule has 0 aliphatic carbocycles. The van der Waals surface area contributed by atoms with Crippen LogP contribution in [0.1, 0.15) is 6.42 Å². The number of hydrogen-bond acceptors (Lipinski definition) is 2. The summed E-state index contributed by atoms with van der Waals surface area (Å²) in [6, 6.07) is 5.47. The van der Waals surface area contributed by atoms with Crippen molar-refractivity contribution in [3.05, 3.63) is 22.7 Å². The van der Waals surface area contributed by atoms with Crippen molar-refractivity contribution in [1.82, 2.24) is 0 Å². The molecule has 0 bridgehead atoms. The average molecular weight is 337 g/mol. The van der Waals surface area contributed by atoms with Gasteiger partial charge < -0.3 is 10.1 Å². The van der Waals surface area contributed by atoms with Gasteiger partial charge in [0.2, 0.25) is 5.91 Å². The van der Waals surface area contributed by atoms with Crippen LogP contribution in [0, 0.1) is 0 Å². The molecule has 5 heteroatoms. The Labute approximate surface area is 105 Å². The highest BCUT2D eigenvalue weighted by atomic mass is 79.9. The van der Waals surface area contributed by atoms with Gasteiger partial charge >= 0.3 is 0 Å². The van der Waals surface area contributed by atoms with Crippen molar-refractivity contribution in [3.63, 3.8) is 0 Å². The Morgan fingerprint density at radius 3 is 2.87 bits per heavy atom. The van der Waals surface area contributed by atoms with Crippen LogP contribution in [-0.4, -0.2) is 18.3 Å². The van der Waals surface area contributed by atoms with Gasteiger partial charge in [-0.05, 0) is 18.2 Å². The van der Waals surface area contributed by atoms with Gasteiger partial charge in [0.05, 0.1) is 12.8 Å². The quantitative estimate of drug-likeness (QED) is 0.857. The van der Waals surface area contributed by atoms with Crippen molar-refractivity contribution >= 4 is 43.5 Å². The number of anilines is 1. The number of nitrogens with one attached hydrogen (secondary N) is 1. The van der Waals surface area contributed by atoms with Crippen molar-refractivity contribution in [3.8, 4) is 5.75 Å². The Balaban J connectivity index is 2.82. The molecular weight excluding hydrogens is 326 g/mol. The maximum absolute atomic E-state index is 11.4. The summed E-state index contributed by atoms with van der Waals surface area (Å²) < 4.78 is 6.03. The highest BCUT2D eigenvalue weighted by molar-refractivity contribution is 9.10. The maximum atomic E-state index is 11.4. The summed E-state index contributed by atoms with van der Waals surface area (Å²) in [4.78, 5) is 11.4. The molecule has 0 aliphatic heterocycles. The number of halogens is 2. The highest BCUT2D eigenvalue weighted by Crippen LogP contribution is 2.27. The number of hydrogen-bond donors (Lipinski definition) is 1. The van der Waals surface area contributed by atoms with Crippen LogP contribution in [0.15, 0.2) is 22.7 Å². The molecule has 0 atom stereocenters. The lowest BCUT2D eigenvalue weighted by atomic mass is 10.3. The highest BCUT2D eigenvalue weighted by Gasteiger charge is 2.07. The van der Waals surface area contributed by atoms with E-state index in [0.29, 0.717) is 23.2 Å². The number of amides is 1. The molecule has 1 aromatic rings. The molecule has 0 fully saturated rings. The normalized spacial score (nSPS) is 9.80. The largest absolute Gasteiger partial charge is 0.495 e. The van der Waals surface area contributed by atoms with E-state index < -0.39 is 0 Å². The molecule has 0 saturated heterocycles. The van der Waals surface area contributed by atoms with E-state index in [-0.39, 0.29) is 5.91 Å². The third-order valence-electron chi connectivity index (χ3n) is 1.76. The molecule has 0 radical (unpaired) electrons. The van der Waals surface area contributed by atoms with Crippen LogP contribution >= 0.6 is 31.9 Å². The summed E-state index contributed by atoms with van der Waals surface area (Å²) in [5.74, 6) is 0.615. The molecule has 0 unspecified atom stereocenters. The fourth-order valence-electron chi connectivity index (χ4n) is 1.08. The molecule has 1 amide bonds. The van der Waals surface area contributed by atoms with Crippen molar-refractivity contribution < 1.29 is 9.53 Å². The van der Waals surface area contributed by atoms with Crippen LogP contribution in [0.3, 0.4) is 0 Å². The van der Waals surface area contributed by atoms with Crippen molar-refractivity contribution in [2.45, 2.75) is 6.42 Å². The van der Waals surface area contributed by atoms with E-state index >= 15 is 0 Å². The molecule has 15 heavy (non-hydrogen) atoms. The number of alkyl halides is 1. The summed E-state index contributed by atoms with van der Waals surface area (Å²) >= 11 is 6.55. The second kappa shape index (κ2) is 6.12. The minimum absolute atomic E-state index is 0.0386. The molecule has 0 aromatic heterocycles. The summed E-state index contributed by atoms with van der Waals surface area (Å²) in [6.45, 7) is 0. The third kappa shape index (κ3) is 3.83. The average Bonchev–Trinajstić information content (AvgIpc) is 2.18. The van der Waals surface area contributed by atoms with Gasteiger partial charge in [-0.1, -0.05) is 31.9 Å². The summed E-state index contributed by atoms with van der Waals surface area (Å²) in [6.07, 6.45) is 0.440. The molecule has 1 rings (SSSR count). The smallest absolute Gasteiger partial charge is 0.225 e. The first-order valence-corrected chi connectivity index (χ1v) is 6.28. The fourth-order valence-corrected chi connectivity index (χ4v) is 1.80. The molecule has 1 aromatic carbocycles.